The van der Waals surface area contributed by atoms with E-state index in [9.17, 15) is 4.79 Å². The second-order valence-electron chi connectivity index (χ2n) is 8.39. The fourth-order valence-electron chi connectivity index (χ4n) is 5.12. The van der Waals surface area contributed by atoms with Crippen LogP contribution in [0.3, 0.4) is 0 Å². The maximum absolute atomic E-state index is 11.7. The summed E-state index contributed by atoms with van der Waals surface area (Å²) in [5, 5.41) is 0. The average Bonchev–Trinajstić information content (AvgIpc) is 2.60. The van der Waals surface area contributed by atoms with Crippen LogP contribution < -0.4 is 0 Å². The predicted molar refractivity (Wildman–Crippen MR) is 105 cm³/mol. The Morgan fingerprint density at radius 3 is 2.28 bits per heavy atom. The molecule has 3 unspecified atom stereocenters. The lowest BCUT2D eigenvalue weighted by Crippen LogP contribution is -2.44. The molecule has 0 radical (unpaired) electrons. The molecule has 1 aromatic rings. The molecular formula is C23H34O2. The molecule has 1 aliphatic rings. The number of hydrogen-bond donors (Lipinski definition) is 0. The van der Waals surface area contributed by atoms with Crippen molar-refractivity contribution in [1.82, 2.24) is 0 Å². The van der Waals surface area contributed by atoms with Crippen molar-refractivity contribution in [3.05, 3.63) is 41.5 Å². The monoisotopic (exact) mass is 342 g/mol. The highest BCUT2D eigenvalue weighted by molar-refractivity contribution is 5.89. The quantitative estimate of drug-likeness (QED) is 0.581. The Morgan fingerprint density at radius 2 is 1.80 bits per heavy atom. The van der Waals surface area contributed by atoms with Gasteiger partial charge in [-0.1, -0.05) is 72.6 Å². The number of ether oxygens (including phenoxy) is 1. The van der Waals surface area contributed by atoms with E-state index in [-0.39, 0.29) is 11.4 Å². The summed E-state index contributed by atoms with van der Waals surface area (Å²) < 4.78 is 4.81. The van der Waals surface area contributed by atoms with Gasteiger partial charge in [-0.25, -0.2) is 4.79 Å². The topological polar surface area (TPSA) is 26.3 Å². The van der Waals surface area contributed by atoms with E-state index in [1.54, 1.807) is 0 Å². The number of methoxy groups -OCH3 is 1. The molecule has 2 nitrogen and oxygen atoms in total. The molecule has 0 bridgehead atoms. The van der Waals surface area contributed by atoms with Crippen molar-refractivity contribution in [2.24, 2.45) is 22.7 Å². The van der Waals surface area contributed by atoms with Crippen LogP contribution in [-0.2, 0) is 4.74 Å². The minimum atomic E-state index is -0.279. The fourth-order valence-corrected chi connectivity index (χ4v) is 5.12. The third kappa shape index (κ3) is 3.41. The second kappa shape index (κ2) is 7.35. The largest absolute Gasteiger partial charge is 0.465 e. The van der Waals surface area contributed by atoms with E-state index in [1.807, 2.05) is 12.1 Å². The molecule has 0 heterocycles. The van der Waals surface area contributed by atoms with Crippen molar-refractivity contribution in [3.8, 4) is 0 Å². The summed E-state index contributed by atoms with van der Waals surface area (Å²) in [6.07, 6.45) is 5.98. The smallest absolute Gasteiger partial charge is 0.337 e. The Morgan fingerprint density at radius 1 is 1.20 bits per heavy atom. The van der Waals surface area contributed by atoms with Gasteiger partial charge in [-0.2, -0.15) is 0 Å². The standard InChI is InChI=1S/C23H34O2/c1-8-16(3)23(6)15-14-19(22(4,5)20(23)9-2)17-10-12-18(13-11-17)21(24)25-7/h10-14,16,20H,8-9,15H2,1-7H3. The lowest BCUT2D eigenvalue weighted by Gasteiger charge is -2.53. The van der Waals surface area contributed by atoms with Crippen LogP contribution >= 0.6 is 0 Å². The molecule has 0 spiro atoms. The van der Waals surface area contributed by atoms with E-state index in [1.165, 1.54) is 31.1 Å². The number of hydrogen-bond acceptors (Lipinski definition) is 2. The summed E-state index contributed by atoms with van der Waals surface area (Å²) in [5.41, 5.74) is 3.69. The minimum Gasteiger partial charge on any atom is -0.465 e. The number of esters is 1. The summed E-state index contributed by atoms with van der Waals surface area (Å²) >= 11 is 0. The first-order chi connectivity index (χ1) is 11.7. The van der Waals surface area contributed by atoms with Gasteiger partial charge in [0.25, 0.3) is 0 Å². The third-order valence-corrected chi connectivity index (χ3v) is 6.87. The van der Waals surface area contributed by atoms with Gasteiger partial charge in [0.15, 0.2) is 0 Å². The zero-order valence-corrected chi connectivity index (χ0v) is 17.0. The Hall–Kier alpha value is -1.57. The first-order valence-electron chi connectivity index (χ1n) is 9.61. The molecule has 138 valence electrons. The first kappa shape index (κ1) is 19.8. The number of carbonyl (C=O) groups is 1. The summed E-state index contributed by atoms with van der Waals surface area (Å²) in [5.74, 6) is 1.06. The number of rotatable bonds is 5. The molecule has 0 saturated carbocycles. The van der Waals surface area contributed by atoms with Crippen molar-refractivity contribution < 1.29 is 9.53 Å². The van der Waals surface area contributed by atoms with Gasteiger partial charge in [0, 0.05) is 0 Å². The Labute approximate surface area is 153 Å². The highest BCUT2D eigenvalue weighted by Crippen LogP contribution is 2.58. The molecule has 3 atom stereocenters. The zero-order valence-electron chi connectivity index (χ0n) is 17.0. The van der Waals surface area contributed by atoms with Crippen molar-refractivity contribution >= 4 is 11.5 Å². The number of benzene rings is 1. The van der Waals surface area contributed by atoms with Crippen LogP contribution in [0.4, 0.5) is 0 Å². The van der Waals surface area contributed by atoms with Crippen LogP contribution in [0.15, 0.2) is 30.3 Å². The molecule has 1 aliphatic carbocycles. The summed E-state index contributed by atoms with van der Waals surface area (Å²) in [7, 11) is 1.42. The second-order valence-corrected chi connectivity index (χ2v) is 8.39. The molecule has 0 N–H and O–H groups in total. The van der Waals surface area contributed by atoms with Crippen LogP contribution in [0.5, 0.6) is 0 Å². The number of carbonyl (C=O) groups excluding carboxylic acids is 1. The van der Waals surface area contributed by atoms with E-state index < -0.39 is 0 Å². The van der Waals surface area contributed by atoms with Crippen molar-refractivity contribution in [3.63, 3.8) is 0 Å². The molecule has 2 rings (SSSR count). The van der Waals surface area contributed by atoms with E-state index in [0.29, 0.717) is 22.8 Å². The van der Waals surface area contributed by atoms with Gasteiger partial charge < -0.3 is 4.74 Å². The molecule has 0 aliphatic heterocycles. The van der Waals surface area contributed by atoms with Gasteiger partial charge in [0.2, 0.25) is 0 Å². The van der Waals surface area contributed by atoms with Gasteiger partial charge in [-0.05, 0) is 52.4 Å². The zero-order chi connectivity index (χ0) is 18.8. The van der Waals surface area contributed by atoms with Crippen molar-refractivity contribution in [2.75, 3.05) is 7.11 Å². The van der Waals surface area contributed by atoms with E-state index in [4.69, 9.17) is 4.74 Å². The molecule has 1 aromatic carbocycles. The fraction of sp³-hybridized carbons (Fsp3) is 0.609. The van der Waals surface area contributed by atoms with Crippen LogP contribution in [0, 0.1) is 22.7 Å². The van der Waals surface area contributed by atoms with Gasteiger partial charge in [-0.15, -0.1) is 0 Å². The normalized spacial score (nSPS) is 26.7. The molecule has 0 amide bonds. The lowest BCUT2D eigenvalue weighted by molar-refractivity contribution is 0.0289. The van der Waals surface area contributed by atoms with Crippen molar-refractivity contribution in [1.29, 1.82) is 0 Å². The van der Waals surface area contributed by atoms with Gasteiger partial charge >= 0.3 is 5.97 Å². The maximum atomic E-state index is 11.7. The maximum Gasteiger partial charge on any atom is 0.337 e. The van der Waals surface area contributed by atoms with Crippen molar-refractivity contribution in [2.45, 2.75) is 60.8 Å². The SMILES string of the molecule is CCC(C)C1(C)CC=C(c2ccc(C(=O)OC)cc2)C(C)(C)C1CC. The Balaban J connectivity index is 2.43. The molecule has 25 heavy (non-hydrogen) atoms. The highest BCUT2D eigenvalue weighted by Gasteiger charge is 2.48. The average molecular weight is 343 g/mol. The lowest BCUT2D eigenvalue weighted by atomic mass is 9.51. The van der Waals surface area contributed by atoms with Gasteiger partial charge in [0.1, 0.15) is 0 Å². The van der Waals surface area contributed by atoms with E-state index in [0.717, 1.165) is 6.42 Å². The molecule has 0 saturated heterocycles. The molecular weight excluding hydrogens is 308 g/mol. The van der Waals surface area contributed by atoms with Crippen LogP contribution in [0.25, 0.3) is 5.57 Å². The molecule has 0 fully saturated rings. The van der Waals surface area contributed by atoms with Gasteiger partial charge in [0.05, 0.1) is 12.7 Å². The van der Waals surface area contributed by atoms with Crippen LogP contribution in [0.2, 0.25) is 0 Å². The van der Waals surface area contributed by atoms with Crippen LogP contribution in [-0.4, -0.2) is 13.1 Å². The number of allylic oxidation sites excluding steroid dienone is 2. The summed E-state index contributed by atoms with van der Waals surface area (Å²) in [6, 6.07) is 7.89. The summed E-state index contributed by atoms with van der Waals surface area (Å²) in [6.45, 7) is 14.3. The molecule has 0 aromatic heterocycles. The highest BCUT2D eigenvalue weighted by atomic mass is 16.5. The Bertz CT molecular complexity index is 639. The summed E-state index contributed by atoms with van der Waals surface area (Å²) in [4.78, 5) is 11.7. The van der Waals surface area contributed by atoms with Gasteiger partial charge in [-0.3, -0.25) is 0 Å². The van der Waals surface area contributed by atoms with E-state index >= 15 is 0 Å². The predicted octanol–water partition coefficient (Wildman–Crippen LogP) is 6.37. The third-order valence-electron chi connectivity index (χ3n) is 6.87. The first-order valence-corrected chi connectivity index (χ1v) is 9.61. The Kier molecular flexibility index (Phi) is 5.81. The van der Waals surface area contributed by atoms with E-state index in [2.05, 4.69) is 59.8 Å². The van der Waals surface area contributed by atoms with Crippen LogP contribution in [0.1, 0.15) is 76.7 Å². The molecule has 2 heteroatoms. The minimum absolute atomic E-state index is 0.109.